The molecule has 0 heterocycles. The highest BCUT2D eigenvalue weighted by Gasteiger charge is 2.16. The molecule has 32 heavy (non-hydrogen) atoms. The Kier molecular flexibility index (Phi) is 6.35. The smallest absolute Gasteiger partial charge is 0.251 e. The van der Waals surface area contributed by atoms with Gasteiger partial charge in [0.1, 0.15) is 0 Å². The first-order valence-corrected chi connectivity index (χ1v) is 11.8. The standard InChI is InChI=1S/C26H24N2O3S/c1-19-7-2-4-10-23(19)26(29)27-17-20-13-15-21(16-14-20)18-28-32(30,31)25-12-6-9-22-8-3-5-11-24(22)25/h2-16,28H,17-18H2,1H3,(H,27,29). The SMILES string of the molecule is Cc1ccccc1C(=O)NCc1ccc(CNS(=O)(=O)c2cccc3ccccc23)cc1. The predicted molar refractivity (Wildman–Crippen MR) is 127 cm³/mol. The van der Waals surface area contributed by atoms with Gasteiger partial charge in [0.25, 0.3) is 5.91 Å². The van der Waals surface area contributed by atoms with Crippen LogP contribution < -0.4 is 10.0 Å². The van der Waals surface area contributed by atoms with Crippen LogP contribution in [0.3, 0.4) is 0 Å². The molecule has 0 atom stereocenters. The molecule has 4 aromatic carbocycles. The number of nitrogens with one attached hydrogen (secondary N) is 2. The zero-order chi connectivity index (χ0) is 22.6. The van der Waals surface area contributed by atoms with E-state index >= 15 is 0 Å². The van der Waals surface area contributed by atoms with Gasteiger partial charge in [0.15, 0.2) is 0 Å². The molecular weight excluding hydrogens is 420 g/mol. The highest BCUT2D eigenvalue weighted by molar-refractivity contribution is 7.89. The van der Waals surface area contributed by atoms with Crippen LogP contribution in [-0.2, 0) is 23.1 Å². The van der Waals surface area contributed by atoms with E-state index in [0.29, 0.717) is 17.5 Å². The summed E-state index contributed by atoms with van der Waals surface area (Å²) >= 11 is 0. The number of fused-ring (bicyclic) bond motifs is 1. The minimum atomic E-state index is -3.66. The molecule has 0 radical (unpaired) electrons. The molecule has 0 saturated carbocycles. The third-order valence-corrected chi connectivity index (χ3v) is 6.83. The van der Waals surface area contributed by atoms with Crippen molar-refractivity contribution in [2.24, 2.45) is 0 Å². The summed E-state index contributed by atoms with van der Waals surface area (Å²) in [5, 5.41) is 4.50. The monoisotopic (exact) mass is 444 g/mol. The zero-order valence-electron chi connectivity index (χ0n) is 17.7. The van der Waals surface area contributed by atoms with Crippen molar-refractivity contribution in [3.63, 3.8) is 0 Å². The van der Waals surface area contributed by atoms with Gasteiger partial charge >= 0.3 is 0 Å². The van der Waals surface area contributed by atoms with Crippen molar-refractivity contribution in [3.05, 3.63) is 113 Å². The van der Waals surface area contributed by atoms with Crippen LogP contribution in [0, 0.1) is 6.92 Å². The molecule has 0 spiro atoms. The number of amides is 1. The Morgan fingerprint density at radius 2 is 1.38 bits per heavy atom. The van der Waals surface area contributed by atoms with E-state index in [2.05, 4.69) is 10.0 Å². The van der Waals surface area contributed by atoms with Crippen molar-refractivity contribution < 1.29 is 13.2 Å². The molecule has 0 aliphatic heterocycles. The quantitative estimate of drug-likeness (QED) is 0.439. The van der Waals surface area contributed by atoms with Crippen LogP contribution in [0.25, 0.3) is 10.8 Å². The van der Waals surface area contributed by atoms with Crippen LogP contribution in [-0.4, -0.2) is 14.3 Å². The van der Waals surface area contributed by atoms with E-state index in [4.69, 9.17) is 0 Å². The van der Waals surface area contributed by atoms with E-state index in [0.717, 1.165) is 22.1 Å². The van der Waals surface area contributed by atoms with Gasteiger partial charge in [-0.2, -0.15) is 0 Å². The number of carbonyl (C=O) groups is 1. The first-order chi connectivity index (χ1) is 15.4. The van der Waals surface area contributed by atoms with Crippen molar-refractivity contribution in [2.45, 2.75) is 24.9 Å². The highest BCUT2D eigenvalue weighted by Crippen LogP contribution is 2.22. The highest BCUT2D eigenvalue weighted by atomic mass is 32.2. The molecule has 0 aromatic heterocycles. The van der Waals surface area contributed by atoms with Crippen molar-refractivity contribution >= 4 is 26.7 Å². The summed E-state index contributed by atoms with van der Waals surface area (Å²) in [5.74, 6) is -0.116. The summed E-state index contributed by atoms with van der Waals surface area (Å²) in [6.45, 7) is 2.49. The fourth-order valence-corrected chi connectivity index (χ4v) is 4.81. The lowest BCUT2D eigenvalue weighted by molar-refractivity contribution is 0.0950. The summed E-state index contributed by atoms with van der Waals surface area (Å²) in [7, 11) is -3.66. The van der Waals surface area contributed by atoms with Gasteiger partial charge in [-0.15, -0.1) is 0 Å². The van der Waals surface area contributed by atoms with Crippen LogP contribution in [0.5, 0.6) is 0 Å². The van der Waals surface area contributed by atoms with Gasteiger partial charge in [-0.1, -0.05) is 78.9 Å². The van der Waals surface area contributed by atoms with Crippen LogP contribution in [0.4, 0.5) is 0 Å². The maximum absolute atomic E-state index is 12.9. The minimum absolute atomic E-state index is 0.116. The van der Waals surface area contributed by atoms with E-state index in [1.165, 1.54) is 0 Å². The van der Waals surface area contributed by atoms with E-state index in [1.54, 1.807) is 18.2 Å². The van der Waals surface area contributed by atoms with Crippen molar-refractivity contribution in [1.29, 1.82) is 0 Å². The van der Waals surface area contributed by atoms with Gasteiger partial charge in [-0.05, 0) is 41.1 Å². The van der Waals surface area contributed by atoms with Crippen molar-refractivity contribution in [3.8, 4) is 0 Å². The molecule has 0 aliphatic carbocycles. The average Bonchev–Trinajstić information content (AvgIpc) is 2.82. The molecule has 162 valence electrons. The van der Waals surface area contributed by atoms with Gasteiger partial charge < -0.3 is 5.32 Å². The second kappa shape index (κ2) is 9.34. The number of aryl methyl sites for hydroxylation is 1. The van der Waals surface area contributed by atoms with E-state index in [1.807, 2.05) is 79.7 Å². The number of carbonyl (C=O) groups excluding carboxylic acids is 1. The van der Waals surface area contributed by atoms with Gasteiger partial charge in [0.2, 0.25) is 10.0 Å². The number of hydrogen-bond donors (Lipinski definition) is 2. The minimum Gasteiger partial charge on any atom is -0.348 e. The molecule has 0 saturated heterocycles. The van der Waals surface area contributed by atoms with Crippen molar-refractivity contribution in [1.82, 2.24) is 10.0 Å². The molecule has 1 amide bonds. The second-order valence-corrected chi connectivity index (χ2v) is 9.35. The molecule has 4 aromatic rings. The van der Waals surface area contributed by atoms with Crippen LogP contribution in [0.2, 0.25) is 0 Å². The molecule has 6 heteroatoms. The molecule has 0 unspecified atom stereocenters. The van der Waals surface area contributed by atoms with E-state index < -0.39 is 10.0 Å². The Balaban J connectivity index is 1.38. The lowest BCUT2D eigenvalue weighted by Gasteiger charge is -2.11. The molecular formula is C26H24N2O3S. The van der Waals surface area contributed by atoms with Gasteiger partial charge in [0, 0.05) is 24.0 Å². The second-order valence-electron chi connectivity index (χ2n) is 7.62. The fourth-order valence-electron chi connectivity index (χ4n) is 3.57. The topological polar surface area (TPSA) is 75.3 Å². The lowest BCUT2D eigenvalue weighted by atomic mass is 10.1. The van der Waals surface area contributed by atoms with Crippen LogP contribution in [0.1, 0.15) is 27.0 Å². The summed E-state index contributed by atoms with van der Waals surface area (Å²) in [4.78, 5) is 12.6. The Labute approximate surface area is 188 Å². The van der Waals surface area contributed by atoms with E-state index in [9.17, 15) is 13.2 Å². The largest absolute Gasteiger partial charge is 0.348 e. The fraction of sp³-hybridized carbons (Fsp3) is 0.115. The predicted octanol–water partition coefficient (Wildman–Crippen LogP) is 4.56. The number of hydrogen-bond acceptors (Lipinski definition) is 3. The number of rotatable bonds is 7. The molecule has 0 aliphatic rings. The van der Waals surface area contributed by atoms with Gasteiger partial charge in [-0.25, -0.2) is 13.1 Å². The first-order valence-electron chi connectivity index (χ1n) is 10.3. The average molecular weight is 445 g/mol. The zero-order valence-corrected chi connectivity index (χ0v) is 18.5. The third kappa shape index (κ3) is 4.88. The normalized spacial score (nSPS) is 11.4. The Hall–Kier alpha value is -3.48. The summed E-state index contributed by atoms with van der Waals surface area (Å²) in [6.07, 6.45) is 0. The maximum atomic E-state index is 12.9. The Morgan fingerprint density at radius 1 is 0.750 bits per heavy atom. The molecule has 0 fully saturated rings. The van der Waals surface area contributed by atoms with Crippen molar-refractivity contribution in [2.75, 3.05) is 0 Å². The number of benzene rings is 4. The Bertz CT molecular complexity index is 1360. The maximum Gasteiger partial charge on any atom is 0.251 e. The third-order valence-electron chi connectivity index (χ3n) is 5.37. The van der Waals surface area contributed by atoms with Gasteiger partial charge in [0.05, 0.1) is 4.90 Å². The summed E-state index contributed by atoms with van der Waals surface area (Å²) in [6, 6.07) is 27.6. The first kappa shape index (κ1) is 21.7. The van der Waals surface area contributed by atoms with Gasteiger partial charge in [-0.3, -0.25) is 4.79 Å². The van der Waals surface area contributed by atoms with Crippen LogP contribution >= 0.6 is 0 Å². The van der Waals surface area contributed by atoms with E-state index in [-0.39, 0.29) is 17.3 Å². The van der Waals surface area contributed by atoms with Crippen LogP contribution in [0.15, 0.2) is 95.9 Å². The molecule has 4 rings (SSSR count). The summed E-state index contributed by atoms with van der Waals surface area (Å²) in [5.41, 5.74) is 3.36. The number of sulfonamides is 1. The molecule has 0 bridgehead atoms. The lowest BCUT2D eigenvalue weighted by Crippen LogP contribution is -2.24. The summed E-state index contributed by atoms with van der Waals surface area (Å²) < 4.78 is 28.4. The molecule has 2 N–H and O–H groups in total. The molecule has 5 nitrogen and oxygen atoms in total. The Morgan fingerprint density at radius 3 is 2.12 bits per heavy atom.